The van der Waals surface area contributed by atoms with E-state index in [2.05, 4.69) is 31.7 Å². The number of carboxylic acids is 1. The lowest BCUT2D eigenvalue weighted by Crippen LogP contribution is -2.35. The molecule has 0 aromatic rings. The molecule has 0 heterocycles. The third-order valence-corrected chi connectivity index (χ3v) is 3.06. The molecule has 0 atom stereocenters. The Morgan fingerprint density at radius 2 is 1.56 bits per heavy atom. The van der Waals surface area contributed by atoms with Crippen molar-refractivity contribution in [3.63, 3.8) is 0 Å². The van der Waals surface area contributed by atoms with Crippen LogP contribution in [-0.2, 0) is 14.3 Å². The van der Waals surface area contributed by atoms with Gasteiger partial charge >= 0.3 is 5.97 Å². The van der Waals surface area contributed by atoms with Crippen LogP contribution in [0.1, 0.15) is 13.8 Å². The molecule has 0 spiro atoms. The monoisotopic (exact) mass is 392 g/mol. The van der Waals surface area contributed by atoms with Gasteiger partial charge in [-0.05, 0) is 38.3 Å². The van der Waals surface area contributed by atoms with Gasteiger partial charge in [-0.25, -0.2) is 4.79 Å². The number of nitrogens with zero attached hydrogens (tertiary/aromatic N) is 2. The normalized spacial score (nSPS) is 11.6. The Morgan fingerprint density at radius 1 is 1.00 bits per heavy atom. The number of thiocarbonyl (C=S) groups is 2. The minimum atomic E-state index is -1.00. The molecule has 5 N–H and O–H groups in total. The summed E-state index contributed by atoms with van der Waals surface area (Å²) in [5, 5.41) is 22.9. The number of hydrogen-bond donors (Lipinski definition) is 5. The molecule has 0 fully saturated rings. The zero-order valence-corrected chi connectivity index (χ0v) is 16.1. The number of rotatable bonds is 11. The van der Waals surface area contributed by atoms with Crippen molar-refractivity contribution in [3.8, 4) is 0 Å². The highest BCUT2D eigenvalue weighted by Crippen LogP contribution is 1.83. The van der Waals surface area contributed by atoms with Crippen molar-refractivity contribution >= 4 is 52.1 Å². The Balaban J connectivity index is 3.84. The predicted octanol–water partition coefficient (Wildman–Crippen LogP) is -0.586. The molecule has 10 nitrogen and oxygen atoms in total. The van der Waals surface area contributed by atoms with Crippen molar-refractivity contribution < 1.29 is 19.4 Å². The number of hydrazone groups is 2. The van der Waals surface area contributed by atoms with Crippen molar-refractivity contribution in [1.82, 2.24) is 21.5 Å². The van der Waals surface area contributed by atoms with Gasteiger partial charge in [0.15, 0.2) is 10.2 Å². The summed E-state index contributed by atoms with van der Waals surface area (Å²) in [6.45, 7) is 4.64. The molecule has 12 heteroatoms. The van der Waals surface area contributed by atoms with E-state index in [-0.39, 0.29) is 13.2 Å². The Hall–Kier alpha value is -1.89. The van der Waals surface area contributed by atoms with E-state index in [1.54, 1.807) is 20.9 Å². The second kappa shape index (κ2) is 14.5. The number of carbonyl (C=O) groups is 1. The minimum Gasteiger partial charge on any atom is -0.480 e. The molecular weight excluding hydrogens is 368 g/mol. The van der Waals surface area contributed by atoms with Crippen LogP contribution in [0.4, 0.5) is 0 Å². The molecule has 0 saturated heterocycles. The van der Waals surface area contributed by atoms with Gasteiger partial charge in [0.1, 0.15) is 6.61 Å². The first kappa shape index (κ1) is 23.1. The molecule has 0 aliphatic carbocycles. The smallest absolute Gasteiger partial charge is 0.329 e. The molecule has 0 aliphatic heterocycles. The molecule has 25 heavy (non-hydrogen) atoms. The maximum Gasteiger partial charge on any atom is 0.329 e. The summed E-state index contributed by atoms with van der Waals surface area (Å²) < 4.78 is 10.1. The summed E-state index contributed by atoms with van der Waals surface area (Å²) in [5.74, 6) is -1.00. The van der Waals surface area contributed by atoms with Gasteiger partial charge in [-0.15, -0.1) is 0 Å². The number of hydrogen-bond acceptors (Lipinski definition) is 7. The van der Waals surface area contributed by atoms with Gasteiger partial charge in [-0.3, -0.25) is 10.9 Å². The van der Waals surface area contributed by atoms with Gasteiger partial charge in [0.05, 0.1) is 31.2 Å². The Bertz CT molecular complexity index is 513. The fourth-order valence-electron chi connectivity index (χ4n) is 1.14. The van der Waals surface area contributed by atoms with Crippen LogP contribution in [0.15, 0.2) is 10.2 Å². The van der Waals surface area contributed by atoms with Gasteiger partial charge in [0.2, 0.25) is 0 Å². The van der Waals surface area contributed by atoms with Gasteiger partial charge in [-0.1, -0.05) is 0 Å². The van der Waals surface area contributed by atoms with E-state index < -0.39 is 5.97 Å². The quantitative estimate of drug-likeness (QED) is 0.135. The van der Waals surface area contributed by atoms with Crippen LogP contribution >= 0.6 is 24.4 Å². The average Bonchev–Trinajstić information content (AvgIpc) is 2.58. The topological polar surface area (TPSA) is 129 Å². The summed E-state index contributed by atoms with van der Waals surface area (Å²) in [4.78, 5) is 10.2. The molecule has 0 aliphatic rings. The van der Waals surface area contributed by atoms with E-state index in [4.69, 9.17) is 39.0 Å². The number of carboxylic acid groups (broad SMARTS) is 1. The summed E-state index contributed by atoms with van der Waals surface area (Å²) >= 11 is 9.98. The first-order valence-corrected chi connectivity index (χ1v) is 8.16. The van der Waals surface area contributed by atoms with Crippen LogP contribution in [0, 0.1) is 0 Å². The molecule has 0 saturated carbocycles. The molecule has 0 unspecified atom stereocenters. The molecule has 0 aromatic carbocycles. The molecule has 0 bridgehead atoms. The summed E-state index contributed by atoms with van der Waals surface area (Å²) in [6.07, 6.45) is 0. The lowest BCUT2D eigenvalue weighted by atomic mass is 10.3. The van der Waals surface area contributed by atoms with Crippen LogP contribution in [0.25, 0.3) is 0 Å². The van der Waals surface area contributed by atoms with Crippen LogP contribution in [0.5, 0.6) is 0 Å². The molecule has 0 rings (SSSR count). The molecule has 0 radical (unpaired) electrons. The summed E-state index contributed by atoms with van der Waals surface area (Å²) in [6, 6.07) is 0. The van der Waals surface area contributed by atoms with E-state index in [0.29, 0.717) is 41.4 Å². The van der Waals surface area contributed by atoms with Crippen LogP contribution in [-0.4, -0.2) is 72.7 Å². The van der Waals surface area contributed by atoms with Crippen LogP contribution < -0.4 is 21.5 Å². The third kappa shape index (κ3) is 14.2. The molecular formula is C13H24N6O4S2. The fourth-order valence-corrected chi connectivity index (χ4v) is 1.34. The zero-order valence-electron chi connectivity index (χ0n) is 14.4. The predicted molar refractivity (Wildman–Crippen MR) is 104 cm³/mol. The largest absolute Gasteiger partial charge is 0.480 e. The van der Waals surface area contributed by atoms with Crippen molar-refractivity contribution in [2.24, 2.45) is 10.2 Å². The van der Waals surface area contributed by atoms with E-state index in [0.717, 1.165) is 0 Å². The fraction of sp³-hybridized carbons (Fsp3) is 0.615. The summed E-state index contributed by atoms with van der Waals surface area (Å²) in [5.41, 5.74) is 6.65. The molecule has 142 valence electrons. The van der Waals surface area contributed by atoms with E-state index in [1.165, 1.54) is 0 Å². The van der Waals surface area contributed by atoms with Crippen molar-refractivity contribution in [1.29, 1.82) is 0 Å². The number of aliphatic carboxylic acids is 1. The van der Waals surface area contributed by atoms with E-state index >= 15 is 0 Å². The Morgan fingerprint density at radius 3 is 2.12 bits per heavy atom. The highest BCUT2D eigenvalue weighted by atomic mass is 32.1. The number of ether oxygens (including phenoxy) is 2. The van der Waals surface area contributed by atoms with Gasteiger partial charge < -0.3 is 25.2 Å². The standard InChI is InChI=1S/C13H24N6O4S2/c1-9(16-18-12(24)14-3)10(2)17-19-13(25)15-4-5-22-6-7-23-8-11(20)21/h4-8H2,1-3H3,(H,20,21)(H2,14,18,24)(H2,15,19,25). The van der Waals surface area contributed by atoms with Crippen molar-refractivity contribution in [2.75, 3.05) is 40.0 Å². The zero-order chi connectivity index (χ0) is 19.1. The average molecular weight is 393 g/mol. The van der Waals surface area contributed by atoms with Crippen LogP contribution in [0.3, 0.4) is 0 Å². The number of nitrogens with one attached hydrogen (secondary N) is 4. The molecule has 0 aromatic heterocycles. The molecule has 0 amide bonds. The first-order chi connectivity index (χ1) is 11.9. The Kier molecular flexibility index (Phi) is 13.4. The minimum absolute atomic E-state index is 0.224. The second-order valence-corrected chi connectivity index (χ2v) is 5.33. The van der Waals surface area contributed by atoms with Gasteiger partial charge in [-0.2, -0.15) is 10.2 Å². The lowest BCUT2D eigenvalue weighted by Gasteiger charge is -2.09. The van der Waals surface area contributed by atoms with Crippen molar-refractivity contribution in [3.05, 3.63) is 0 Å². The van der Waals surface area contributed by atoms with Crippen LogP contribution in [0.2, 0.25) is 0 Å². The van der Waals surface area contributed by atoms with E-state index in [1.807, 2.05) is 0 Å². The lowest BCUT2D eigenvalue weighted by molar-refractivity contribution is -0.142. The summed E-state index contributed by atoms with van der Waals surface area (Å²) in [7, 11) is 1.69. The van der Waals surface area contributed by atoms with E-state index in [9.17, 15) is 4.79 Å². The SMILES string of the molecule is CNC(=S)NN=C(C)C(C)=NNC(=S)NCCOCCOCC(=O)O. The van der Waals surface area contributed by atoms with Crippen molar-refractivity contribution in [2.45, 2.75) is 13.8 Å². The third-order valence-electron chi connectivity index (χ3n) is 2.53. The van der Waals surface area contributed by atoms with Gasteiger partial charge in [0.25, 0.3) is 0 Å². The highest BCUT2D eigenvalue weighted by Gasteiger charge is 2.00. The highest BCUT2D eigenvalue weighted by molar-refractivity contribution is 7.80. The maximum atomic E-state index is 10.2. The maximum absolute atomic E-state index is 10.2. The second-order valence-electron chi connectivity index (χ2n) is 4.51. The first-order valence-electron chi connectivity index (χ1n) is 7.34. The van der Waals surface area contributed by atoms with Gasteiger partial charge in [0, 0.05) is 13.6 Å². The Labute approximate surface area is 157 Å².